The molecule has 1 saturated carbocycles. The van der Waals surface area contributed by atoms with E-state index in [9.17, 15) is 9.90 Å². The maximum atomic E-state index is 12.8. The molecule has 1 aromatic heterocycles. The van der Waals surface area contributed by atoms with Crippen LogP contribution < -0.4 is 5.43 Å². The molecule has 0 amide bonds. The second-order valence-corrected chi connectivity index (χ2v) is 6.01. The lowest BCUT2D eigenvalue weighted by atomic mass is 9.84. The molecule has 2 aromatic rings. The van der Waals surface area contributed by atoms with E-state index < -0.39 is 0 Å². The molecule has 21 heavy (non-hydrogen) atoms. The largest absolute Gasteiger partial charge is 0.508 e. The normalized spacial score (nSPS) is 16.0. The van der Waals surface area contributed by atoms with Gasteiger partial charge in [-0.15, -0.1) is 0 Å². The van der Waals surface area contributed by atoms with Gasteiger partial charge in [-0.05, 0) is 36.5 Å². The predicted octanol–water partition coefficient (Wildman–Crippen LogP) is 3.81. The monoisotopic (exact) mass is 283 g/mol. The number of aryl methyl sites for hydroxylation is 1. The van der Waals surface area contributed by atoms with Crippen LogP contribution in [0, 0.1) is 0 Å². The van der Waals surface area contributed by atoms with Crippen LogP contribution in [0.5, 0.6) is 5.75 Å². The lowest BCUT2D eigenvalue weighted by Crippen LogP contribution is -2.19. The maximum Gasteiger partial charge on any atom is 0.192 e. The Morgan fingerprint density at radius 1 is 1.14 bits per heavy atom. The van der Waals surface area contributed by atoms with E-state index in [-0.39, 0.29) is 11.2 Å². The molecule has 1 aliphatic carbocycles. The van der Waals surface area contributed by atoms with Gasteiger partial charge in [0.05, 0.1) is 0 Å². The fraction of sp³-hybridized carbons (Fsp3) is 0.389. The first-order chi connectivity index (χ1) is 10.1. The van der Waals surface area contributed by atoms with Crippen molar-refractivity contribution in [3.63, 3.8) is 0 Å². The second-order valence-electron chi connectivity index (χ2n) is 6.01. The van der Waals surface area contributed by atoms with Gasteiger partial charge >= 0.3 is 0 Å². The third-order valence-corrected chi connectivity index (χ3v) is 4.38. The molecule has 1 aliphatic rings. The Morgan fingerprint density at radius 2 is 1.90 bits per heavy atom. The summed E-state index contributed by atoms with van der Waals surface area (Å²) in [4.78, 5) is 12.8. The predicted molar refractivity (Wildman–Crippen MR) is 84.6 cm³/mol. The van der Waals surface area contributed by atoms with E-state index in [0.717, 1.165) is 24.0 Å². The zero-order valence-electron chi connectivity index (χ0n) is 12.4. The number of rotatable bonds is 2. The summed E-state index contributed by atoms with van der Waals surface area (Å²) < 4.78 is 1.96. The number of benzene rings is 1. The van der Waals surface area contributed by atoms with Crippen molar-refractivity contribution in [2.45, 2.75) is 38.0 Å². The number of nitrogens with zero attached hydrogens (tertiary/aromatic N) is 1. The van der Waals surface area contributed by atoms with Crippen molar-refractivity contribution >= 4 is 0 Å². The van der Waals surface area contributed by atoms with Gasteiger partial charge in [-0.25, -0.2) is 0 Å². The SMILES string of the molecule is Cn1cc(-c2cccc(O)c2)c(=O)c(C2CCCCC2)c1. The molecule has 0 saturated heterocycles. The number of hydrogen-bond acceptors (Lipinski definition) is 2. The first kappa shape index (κ1) is 13.9. The van der Waals surface area contributed by atoms with Gasteiger partial charge in [-0.2, -0.15) is 0 Å². The van der Waals surface area contributed by atoms with Gasteiger partial charge in [-0.1, -0.05) is 31.4 Å². The molecule has 0 spiro atoms. The van der Waals surface area contributed by atoms with Crippen molar-refractivity contribution in [2.24, 2.45) is 7.05 Å². The average Bonchev–Trinajstić information content (AvgIpc) is 2.50. The number of aromatic hydroxyl groups is 1. The molecular weight excluding hydrogens is 262 g/mol. The molecule has 0 atom stereocenters. The fourth-order valence-electron chi connectivity index (χ4n) is 3.32. The zero-order valence-corrected chi connectivity index (χ0v) is 12.4. The van der Waals surface area contributed by atoms with Crippen molar-refractivity contribution in [3.05, 3.63) is 52.4 Å². The molecule has 1 fully saturated rings. The summed E-state index contributed by atoms with van der Waals surface area (Å²) >= 11 is 0. The molecule has 3 nitrogen and oxygen atoms in total. The van der Waals surface area contributed by atoms with Crippen molar-refractivity contribution in [1.29, 1.82) is 0 Å². The van der Waals surface area contributed by atoms with Gasteiger partial charge in [-0.3, -0.25) is 4.79 Å². The van der Waals surface area contributed by atoms with Crippen LogP contribution in [0.4, 0.5) is 0 Å². The third-order valence-electron chi connectivity index (χ3n) is 4.38. The highest BCUT2D eigenvalue weighted by molar-refractivity contribution is 5.64. The van der Waals surface area contributed by atoms with Crippen molar-refractivity contribution in [2.75, 3.05) is 0 Å². The van der Waals surface area contributed by atoms with Gasteiger partial charge in [0.1, 0.15) is 5.75 Å². The minimum atomic E-state index is 0.116. The standard InChI is InChI=1S/C18H21NO2/c1-19-11-16(13-6-3-2-4-7-13)18(21)17(12-19)14-8-5-9-15(20)10-14/h5,8-13,20H,2-4,6-7H2,1H3. The maximum absolute atomic E-state index is 12.8. The Morgan fingerprint density at radius 3 is 2.62 bits per heavy atom. The number of phenolic OH excluding ortho intramolecular Hbond substituents is 1. The van der Waals surface area contributed by atoms with Crippen LogP contribution >= 0.6 is 0 Å². The molecule has 3 rings (SSSR count). The first-order valence-corrected chi connectivity index (χ1v) is 7.65. The minimum absolute atomic E-state index is 0.116. The highest BCUT2D eigenvalue weighted by Gasteiger charge is 2.20. The molecule has 0 bridgehead atoms. The summed E-state index contributed by atoms with van der Waals surface area (Å²) in [5.41, 5.74) is 2.51. The Hall–Kier alpha value is -2.03. The zero-order chi connectivity index (χ0) is 14.8. The molecule has 0 aliphatic heterocycles. The quantitative estimate of drug-likeness (QED) is 0.910. The smallest absolute Gasteiger partial charge is 0.192 e. The first-order valence-electron chi connectivity index (χ1n) is 7.65. The summed E-state index contributed by atoms with van der Waals surface area (Å²) in [7, 11) is 1.96. The molecule has 1 N–H and O–H groups in total. The Kier molecular flexibility index (Phi) is 3.82. The summed E-state index contributed by atoms with van der Waals surface area (Å²) in [5.74, 6) is 0.576. The van der Waals surface area contributed by atoms with Gasteiger partial charge in [0, 0.05) is 30.6 Å². The van der Waals surface area contributed by atoms with Crippen molar-refractivity contribution in [3.8, 4) is 16.9 Å². The van der Waals surface area contributed by atoms with E-state index in [2.05, 4.69) is 0 Å². The Bertz CT molecular complexity index is 697. The molecule has 3 heteroatoms. The molecule has 1 aromatic carbocycles. The average molecular weight is 283 g/mol. The van der Waals surface area contributed by atoms with Gasteiger partial charge in [0.2, 0.25) is 0 Å². The lowest BCUT2D eigenvalue weighted by Gasteiger charge is -2.22. The second kappa shape index (κ2) is 5.76. The molecule has 110 valence electrons. The topological polar surface area (TPSA) is 42.2 Å². The van der Waals surface area contributed by atoms with Crippen LogP contribution in [0.15, 0.2) is 41.5 Å². The van der Waals surface area contributed by atoms with Crippen LogP contribution in [-0.2, 0) is 7.05 Å². The number of pyridine rings is 1. The summed E-state index contributed by atoms with van der Waals surface area (Å²) in [6, 6.07) is 6.93. The lowest BCUT2D eigenvalue weighted by molar-refractivity contribution is 0.440. The summed E-state index contributed by atoms with van der Waals surface area (Å²) in [6.45, 7) is 0. The van der Waals surface area contributed by atoms with Crippen LogP contribution in [0.1, 0.15) is 43.6 Å². The number of phenols is 1. The van der Waals surface area contributed by atoms with E-state index in [0.29, 0.717) is 11.5 Å². The summed E-state index contributed by atoms with van der Waals surface area (Å²) in [5, 5.41) is 9.64. The Labute approximate surface area is 124 Å². The molecule has 0 unspecified atom stereocenters. The Balaban J connectivity index is 2.09. The van der Waals surface area contributed by atoms with E-state index in [1.54, 1.807) is 18.2 Å². The van der Waals surface area contributed by atoms with Crippen LogP contribution in [-0.4, -0.2) is 9.67 Å². The summed E-state index contributed by atoms with van der Waals surface area (Å²) in [6.07, 6.45) is 9.75. The molecular formula is C18H21NO2. The molecule has 1 heterocycles. The third kappa shape index (κ3) is 2.87. The van der Waals surface area contributed by atoms with Gasteiger partial charge in [0.15, 0.2) is 5.43 Å². The van der Waals surface area contributed by atoms with E-state index >= 15 is 0 Å². The number of hydrogen-bond donors (Lipinski definition) is 1. The van der Waals surface area contributed by atoms with Crippen LogP contribution in [0.25, 0.3) is 11.1 Å². The minimum Gasteiger partial charge on any atom is -0.508 e. The van der Waals surface area contributed by atoms with E-state index in [1.165, 1.54) is 19.3 Å². The van der Waals surface area contributed by atoms with Crippen LogP contribution in [0.2, 0.25) is 0 Å². The van der Waals surface area contributed by atoms with E-state index in [1.807, 2.05) is 30.1 Å². The fourth-order valence-corrected chi connectivity index (χ4v) is 3.32. The van der Waals surface area contributed by atoms with Gasteiger partial charge in [0.25, 0.3) is 0 Å². The highest BCUT2D eigenvalue weighted by atomic mass is 16.3. The van der Waals surface area contributed by atoms with Gasteiger partial charge < -0.3 is 9.67 Å². The number of aromatic nitrogens is 1. The van der Waals surface area contributed by atoms with Crippen molar-refractivity contribution in [1.82, 2.24) is 4.57 Å². The highest BCUT2D eigenvalue weighted by Crippen LogP contribution is 2.32. The molecule has 0 radical (unpaired) electrons. The van der Waals surface area contributed by atoms with E-state index in [4.69, 9.17) is 0 Å². The van der Waals surface area contributed by atoms with Crippen LogP contribution in [0.3, 0.4) is 0 Å². The van der Waals surface area contributed by atoms with Crippen molar-refractivity contribution < 1.29 is 5.11 Å².